The molecule has 0 unspecified atom stereocenters. The van der Waals surface area contributed by atoms with E-state index in [-0.39, 0.29) is 14.8 Å². The van der Waals surface area contributed by atoms with Crippen molar-refractivity contribution in [3.63, 3.8) is 0 Å². The van der Waals surface area contributed by atoms with Crippen molar-refractivity contribution < 1.29 is 9.31 Å². The van der Waals surface area contributed by atoms with Gasteiger partial charge in [0.2, 0.25) is 0 Å². The Morgan fingerprint density at radius 2 is 2.23 bits per heavy atom. The van der Waals surface area contributed by atoms with E-state index >= 15 is 0 Å². The van der Waals surface area contributed by atoms with Crippen molar-refractivity contribution in [1.29, 1.82) is 5.26 Å². The number of nitro benzene ring substituents is 1. The summed E-state index contributed by atoms with van der Waals surface area (Å²) in [6, 6.07) is 3.81. The maximum absolute atomic E-state index is 13.1. The zero-order valence-corrected chi connectivity index (χ0v) is 8.28. The Labute approximate surface area is 86.3 Å². The van der Waals surface area contributed by atoms with Crippen LogP contribution >= 0.6 is 22.6 Å². The molecule has 13 heavy (non-hydrogen) atoms. The van der Waals surface area contributed by atoms with E-state index in [4.69, 9.17) is 5.26 Å². The molecule has 0 N–H and O–H groups in total. The molecule has 0 amide bonds. The van der Waals surface area contributed by atoms with Crippen molar-refractivity contribution in [2.45, 2.75) is 0 Å². The maximum atomic E-state index is 13.1. The lowest BCUT2D eigenvalue weighted by Crippen LogP contribution is -1.96. The second-order valence-corrected chi connectivity index (χ2v) is 3.21. The van der Waals surface area contributed by atoms with Gasteiger partial charge in [0.15, 0.2) is 5.82 Å². The number of rotatable bonds is 1. The van der Waals surface area contributed by atoms with E-state index in [1.54, 1.807) is 6.07 Å². The van der Waals surface area contributed by atoms with Crippen molar-refractivity contribution in [3.05, 3.63) is 37.2 Å². The summed E-state index contributed by atoms with van der Waals surface area (Å²) in [5, 5.41) is 18.7. The van der Waals surface area contributed by atoms with Gasteiger partial charge in [0.1, 0.15) is 9.64 Å². The lowest BCUT2D eigenvalue weighted by atomic mass is 10.2. The predicted octanol–water partition coefficient (Wildman–Crippen LogP) is 2.21. The van der Waals surface area contributed by atoms with Crippen molar-refractivity contribution in [2.75, 3.05) is 0 Å². The first kappa shape index (κ1) is 9.85. The number of benzene rings is 1. The molecule has 0 aliphatic rings. The van der Waals surface area contributed by atoms with Gasteiger partial charge in [-0.25, -0.2) is 4.39 Å². The topological polar surface area (TPSA) is 66.9 Å². The Bertz CT molecular complexity index is 414. The van der Waals surface area contributed by atoms with E-state index in [1.165, 1.54) is 22.6 Å². The molecule has 6 heteroatoms. The van der Waals surface area contributed by atoms with Crippen LogP contribution in [0.25, 0.3) is 0 Å². The van der Waals surface area contributed by atoms with Crippen LogP contribution in [0.4, 0.5) is 10.1 Å². The minimum absolute atomic E-state index is 0.137. The van der Waals surface area contributed by atoms with Gasteiger partial charge in [-0.3, -0.25) is 10.1 Å². The molecule has 0 saturated heterocycles. The van der Waals surface area contributed by atoms with Crippen LogP contribution in [-0.4, -0.2) is 4.92 Å². The van der Waals surface area contributed by atoms with Crippen LogP contribution in [0.2, 0.25) is 0 Å². The summed E-state index contributed by atoms with van der Waals surface area (Å²) in [6.45, 7) is 0. The van der Waals surface area contributed by atoms with Gasteiger partial charge in [0, 0.05) is 6.07 Å². The molecule has 1 rings (SSSR count). The first-order valence-corrected chi connectivity index (χ1v) is 4.18. The van der Waals surface area contributed by atoms with Gasteiger partial charge in [0.05, 0.1) is 10.5 Å². The lowest BCUT2D eigenvalue weighted by Gasteiger charge is -1.97. The summed E-state index contributed by atoms with van der Waals surface area (Å²) in [5.41, 5.74) is -0.507. The highest BCUT2D eigenvalue weighted by Crippen LogP contribution is 2.25. The van der Waals surface area contributed by atoms with E-state index in [9.17, 15) is 14.5 Å². The highest BCUT2D eigenvalue weighted by atomic mass is 127. The zero-order valence-electron chi connectivity index (χ0n) is 6.12. The predicted molar refractivity (Wildman–Crippen MR) is 50.5 cm³/mol. The number of halogens is 2. The Morgan fingerprint density at radius 3 is 2.69 bits per heavy atom. The van der Waals surface area contributed by atoms with E-state index in [0.29, 0.717) is 0 Å². The molecule has 0 radical (unpaired) electrons. The molecule has 4 nitrogen and oxygen atoms in total. The summed E-state index contributed by atoms with van der Waals surface area (Å²) < 4.78 is 13.0. The third-order valence-corrected chi connectivity index (χ3v) is 2.41. The van der Waals surface area contributed by atoms with Gasteiger partial charge < -0.3 is 0 Å². The molecule has 0 bridgehead atoms. The molecule has 0 aromatic heterocycles. The van der Waals surface area contributed by atoms with Crippen LogP contribution in [0.5, 0.6) is 0 Å². The van der Waals surface area contributed by atoms with E-state index in [1.807, 2.05) is 0 Å². The minimum Gasteiger partial charge on any atom is -0.258 e. The molecule has 0 saturated carbocycles. The van der Waals surface area contributed by atoms with Gasteiger partial charge in [-0.05, 0) is 28.7 Å². The van der Waals surface area contributed by atoms with Crippen LogP contribution in [-0.2, 0) is 0 Å². The summed E-state index contributed by atoms with van der Waals surface area (Å²) in [5.74, 6) is -0.836. The van der Waals surface area contributed by atoms with Crippen molar-refractivity contribution in [3.8, 4) is 6.07 Å². The average Bonchev–Trinajstić information content (AvgIpc) is 2.09. The molecule has 0 spiro atoms. The summed E-state index contributed by atoms with van der Waals surface area (Å²) in [7, 11) is 0. The smallest absolute Gasteiger partial charge is 0.258 e. The van der Waals surface area contributed by atoms with Crippen LogP contribution in [0.15, 0.2) is 12.1 Å². The molecule has 0 atom stereocenters. The Morgan fingerprint density at radius 1 is 1.62 bits per heavy atom. The zero-order chi connectivity index (χ0) is 10.0. The molecule has 66 valence electrons. The fourth-order valence-electron chi connectivity index (χ4n) is 0.767. The molecular formula is C7H2FIN2O2. The van der Waals surface area contributed by atoms with Gasteiger partial charge >= 0.3 is 0 Å². The molecule has 1 aromatic carbocycles. The van der Waals surface area contributed by atoms with E-state index in [0.717, 1.165) is 12.1 Å². The first-order chi connectivity index (χ1) is 6.07. The molecule has 0 aliphatic heterocycles. The SMILES string of the molecule is N#Cc1ccc([N+](=O)[O-])c(I)c1F. The second-order valence-electron chi connectivity index (χ2n) is 2.13. The van der Waals surface area contributed by atoms with Gasteiger partial charge in [-0.15, -0.1) is 0 Å². The molecule has 1 aromatic rings. The fraction of sp³-hybridized carbons (Fsp3) is 0. The van der Waals surface area contributed by atoms with E-state index in [2.05, 4.69) is 0 Å². The summed E-state index contributed by atoms with van der Waals surface area (Å²) in [4.78, 5) is 9.64. The highest BCUT2D eigenvalue weighted by molar-refractivity contribution is 14.1. The number of hydrogen-bond acceptors (Lipinski definition) is 3. The largest absolute Gasteiger partial charge is 0.285 e. The minimum atomic E-state index is -0.836. The summed E-state index contributed by atoms with van der Waals surface area (Å²) in [6.07, 6.45) is 0. The molecule has 0 heterocycles. The fourth-order valence-corrected chi connectivity index (χ4v) is 1.43. The lowest BCUT2D eigenvalue weighted by molar-refractivity contribution is -0.386. The third kappa shape index (κ3) is 1.75. The van der Waals surface area contributed by atoms with Crippen molar-refractivity contribution >= 4 is 28.3 Å². The average molecular weight is 292 g/mol. The Balaban J connectivity index is 3.42. The standard InChI is InChI=1S/C7H2FIN2O2/c8-6-4(3-10)1-2-5(7(6)9)11(12)13/h1-2H. The summed E-state index contributed by atoms with van der Waals surface area (Å²) >= 11 is 1.50. The number of nitro groups is 1. The number of nitrogens with zero attached hydrogens (tertiary/aromatic N) is 2. The number of hydrogen-bond donors (Lipinski definition) is 0. The van der Waals surface area contributed by atoms with Crippen molar-refractivity contribution in [1.82, 2.24) is 0 Å². The monoisotopic (exact) mass is 292 g/mol. The quantitative estimate of drug-likeness (QED) is 0.453. The van der Waals surface area contributed by atoms with Crippen LogP contribution in [0, 0.1) is 30.8 Å². The number of nitriles is 1. The van der Waals surface area contributed by atoms with Crippen LogP contribution in [0.1, 0.15) is 5.56 Å². The van der Waals surface area contributed by atoms with Gasteiger partial charge in [0.25, 0.3) is 5.69 Å². The van der Waals surface area contributed by atoms with Gasteiger partial charge in [-0.2, -0.15) is 5.26 Å². The second kappa shape index (κ2) is 3.66. The highest BCUT2D eigenvalue weighted by Gasteiger charge is 2.18. The Hall–Kier alpha value is -1.23. The molecule has 0 fully saturated rings. The van der Waals surface area contributed by atoms with Gasteiger partial charge in [-0.1, -0.05) is 0 Å². The molecular weight excluding hydrogens is 290 g/mol. The Kier molecular flexibility index (Phi) is 2.77. The molecule has 0 aliphatic carbocycles. The maximum Gasteiger partial charge on any atom is 0.285 e. The van der Waals surface area contributed by atoms with Crippen molar-refractivity contribution in [2.24, 2.45) is 0 Å². The first-order valence-electron chi connectivity index (χ1n) is 3.10. The van der Waals surface area contributed by atoms with Crippen LogP contribution < -0.4 is 0 Å². The van der Waals surface area contributed by atoms with Crippen LogP contribution in [0.3, 0.4) is 0 Å². The normalized spacial score (nSPS) is 9.31. The van der Waals surface area contributed by atoms with E-state index < -0.39 is 10.7 Å². The third-order valence-electron chi connectivity index (χ3n) is 1.38.